The summed E-state index contributed by atoms with van der Waals surface area (Å²) >= 11 is 0. The van der Waals surface area contributed by atoms with E-state index >= 15 is 0 Å². The van der Waals surface area contributed by atoms with Crippen LogP contribution in [0.4, 0.5) is 0 Å². The Morgan fingerprint density at radius 1 is 1.09 bits per heavy atom. The van der Waals surface area contributed by atoms with Gasteiger partial charge < -0.3 is 10.4 Å². The third kappa shape index (κ3) is 3.95. The zero-order valence-corrected chi connectivity index (χ0v) is 13.2. The third-order valence-corrected chi connectivity index (χ3v) is 4.02. The quantitative estimate of drug-likeness (QED) is 0.860. The fraction of sp³-hybridized carbons (Fsp3) is 0.316. The van der Waals surface area contributed by atoms with E-state index in [1.165, 1.54) is 5.56 Å². The second-order valence-corrected chi connectivity index (χ2v) is 5.46. The molecule has 0 aliphatic heterocycles. The summed E-state index contributed by atoms with van der Waals surface area (Å²) in [4.78, 5) is 12.3. The van der Waals surface area contributed by atoms with Crippen molar-refractivity contribution in [1.82, 2.24) is 5.32 Å². The summed E-state index contributed by atoms with van der Waals surface area (Å²) in [7, 11) is 0. The van der Waals surface area contributed by atoms with Crippen LogP contribution in [0.5, 0.6) is 0 Å². The van der Waals surface area contributed by atoms with Crippen LogP contribution in [0.1, 0.15) is 42.0 Å². The van der Waals surface area contributed by atoms with E-state index in [0.29, 0.717) is 6.54 Å². The van der Waals surface area contributed by atoms with Gasteiger partial charge in [-0.15, -0.1) is 0 Å². The summed E-state index contributed by atoms with van der Waals surface area (Å²) in [5.41, 5.74) is 4.09. The van der Waals surface area contributed by atoms with Gasteiger partial charge in [0.15, 0.2) is 0 Å². The Kier molecular flexibility index (Phi) is 5.73. The van der Waals surface area contributed by atoms with Gasteiger partial charge in [0, 0.05) is 6.54 Å². The minimum atomic E-state index is -0.188. The van der Waals surface area contributed by atoms with Gasteiger partial charge in [-0.25, -0.2) is 0 Å². The van der Waals surface area contributed by atoms with Crippen molar-refractivity contribution in [2.45, 2.75) is 39.3 Å². The maximum Gasteiger partial charge on any atom is 0.227 e. The Balaban J connectivity index is 1.99. The highest BCUT2D eigenvalue weighted by atomic mass is 16.3. The van der Waals surface area contributed by atoms with Crippen LogP contribution in [0.15, 0.2) is 48.5 Å². The second-order valence-electron chi connectivity index (χ2n) is 5.46. The predicted molar refractivity (Wildman–Crippen MR) is 88.4 cm³/mol. The molecule has 1 amide bonds. The van der Waals surface area contributed by atoms with Crippen LogP contribution in [0.3, 0.4) is 0 Å². The second kappa shape index (κ2) is 7.76. The Bertz CT molecular complexity index is 620. The van der Waals surface area contributed by atoms with Gasteiger partial charge in [-0.3, -0.25) is 4.79 Å². The van der Waals surface area contributed by atoms with E-state index in [-0.39, 0.29) is 18.4 Å². The Morgan fingerprint density at radius 2 is 1.73 bits per heavy atom. The molecule has 116 valence electrons. The number of carbonyl (C=O) groups is 1. The fourth-order valence-corrected chi connectivity index (χ4v) is 2.41. The Labute approximate surface area is 132 Å². The standard InChI is InChI=1S/C19H23NO2/c1-3-15-8-10-16(11-9-15)14(2)19(22)20-12-17-6-4-5-7-18(17)13-21/h4-11,14,21H,3,12-13H2,1-2H3,(H,20,22). The lowest BCUT2D eigenvalue weighted by Gasteiger charge is -2.14. The largest absolute Gasteiger partial charge is 0.392 e. The number of amides is 1. The number of rotatable bonds is 6. The van der Waals surface area contributed by atoms with E-state index < -0.39 is 0 Å². The van der Waals surface area contributed by atoms with Gasteiger partial charge >= 0.3 is 0 Å². The molecule has 0 heterocycles. The number of carbonyl (C=O) groups excluding carboxylic acids is 1. The molecule has 0 aromatic heterocycles. The van der Waals surface area contributed by atoms with E-state index in [0.717, 1.165) is 23.1 Å². The maximum absolute atomic E-state index is 12.3. The number of aliphatic hydroxyl groups is 1. The van der Waals surface area contributed by atoms with Gasteiger partial charge in [0.05, 0.1) is 12.5 Å². The first-order chi connectivity index (χ1) is 10.7. The molecule has 0 aliphatic rings. The molecule has 2 aromatic rings. The summed E-state index contributed by atoms with van der Waals surface area (Å²) in [6.45, 7) is 4.45. The first-order valence-electron chi connectivity index (χ1n) is 7.70. The molecule has 0 saturated heterocycles. The van der Waals surface area contributed by atoms with Crippen molar-refractivity contribution in [1.29, 1.82) is 0 Å². The van der Waals surface area contributed by atoms with Crippen LogP contribution in [-0.4, -0.2) is 11.0 Å². The molecule has 1 atom stereocenters. The molecule has 2 rings (SSSR count). The highest BCUT2D eigenvalue weighted by Crippen LogP contribution is 2.17. The molecular formula is C19H23NO2. The van der Waals surface area contributed by atoms with Crippen molar-refractivity contribution in [2.24, 2.45) is 0 Å². The first kappa shape index (κ1) is 16.2. The summed E-state index contributed by atoms with van der Waals surface area (Å²) in [6.07, 6.45) is 0.999. The lowest BCUT2D eigenvalue weighted by atomic mass is 9.98. The van der Waals surface area contributed by atoms with Gasteiger partial charge in [0.1, 0.15) is 0 Å². The van der Waals surface area contributed by atoms with E-state index in [2.05, 4.69) is 24.4 Å². The Hall–Kier alpha value is -2.13. The average Bonchev–Trinajstić information content (AvgIpc) is 2.59. The van der Waals surface area contributed by atoms with Crippen molar-refractivity contribution in [3.63, 3.8) is 0 Å². The SMILES string of the molecule is CCc1ccc(C(C)C(=O)NCc2ccccc2CO)cc1. The van der Waals surface area contributed by atoms with E-state index in [1.807, 2.05) is 43.3 Å². The summed E-state index contributed by atoms with van der Waals surface area (Å²) in [5.74, 6) is -0.191. The molecule has 1 unspecified atom stereocenters. The van der Waals surface area contributed by atoms with Crippen LogP contribution in [-0.2, 0) is 24.4 Å². The van der Waals surface area contributed by atoms with Gasteiger partial charge in [-0.1, -0.05) is 55.5 Å². The lowest BCUT2D eigenvalue weighted by molar-refractivity contribution is -0.122. The average molecular weight is 297 g/mol. The number of aryl methyl sites for hydroxylation is 1. The fourth-order valence-electron chi connectivity index (χ4n) is 2.41. The predicted octanol–water partition coefficient (Wildman–Crippen LogP) is 3.16. The highest BCUT2D eigenvalue weighted by Gasteiger charge is 2.15. The van der Waals surface area contributed by atoms with E-state index in [1.54, 1.807) is 0 Å². The normalized spacial score (nSPS) is 12.0. The van der Waals surface area contributed by atoms with Crippen LogP contribution < -0.4 is 5.32 Å². The number of hydrogen-bond donors (Lipinski definition) is 2. The molecule has 3 nitrogen and oxygen atoms in total. The van der Waals surface area contributed by atoms with Gasteiger partial charge in [0.2, 0.25) is 5.91 Å². The summed E-state index contributed by atoms with van der Waals surface area (Å²) in [5, 5.41) is 12.3. The van der Waals surface area contributed by atoms with Crippen LogP contribution in [0, 0.1) is 0 Å². The molecule has 3 heteroatoms. The zero-order valence-electron chi connectivity index (χ0n) is 13.2. The summed E-state index contributed by atoms with van der Waals surface area (Å²) < 4.78 is 0. The van der Waals surface area contributed by atoms with Crippen LogP contribution >= 0.6 is 0 Å². The van der Waals surface area contributed by atoms with Crippen molar-refractivity contribution in [3.05, 3.63) is 70.8 Å². The summed E-state index contributed by atoms with van der Waals surface area (Å²) in [6, 6.07) is 15.8. The highest BCUT2D eigenvalue weighted by molar-refractivity contribution is 5.83. The minimum absolute atomic E-state index is 0.00279. The van der Waals surface area contributed by atoms with Crippen LogP contribution in [0.25, 0.3) is 0 Å². The van der Waals surface area contributed by atoms with Gasteiger partial charge in [-0.05, 0) is 35.6 Å². The molecule has 0 radical (unpaired) electrons. The van der Waals surface area contributed by atoms with Crippen molar-refractivity contribution < 1.29 is 9.90 Å². The number of hydrogen-bond acceptors (Lipinski definition) is 2. The van der Waals surface area contributed by atoms with Crippen molar-refractivity contribution in [3.8, 4) is 0 Å². The van der Waals surface area contributed by atoms with Crippen LogP contribution in [0.2, 0.25) is 0 Å². The monoisotopic (exact) mass is 297 g/mol. The zero-order chi connectivity index (χ0) is 15.9. The number of benzene rings is 2. The molecule has 0 spiro atoms. The smallest absolute Gasteiger partial charge is 0.227 e. The van der Waals surface area contributed by atoms with E-state index in [9.17, 15) is 9.90 Å². The molecule has 22 heavy (non-hydrogen) atoms. The molecule has 0 aliphatic carbocycles. The van der Waals surface area contributed by atoms with Crippen molar-refractivity contribution >= 4 is 5.91 Å². The lowest BCUT2D eigenvalue weighted by Crippen LogP contribution is -2.28. The topological polar surface area (TPSA) is 49.3 Å². The van der Waals surface area contributed by atoms with E-state index in [4.69, 9.17) is 0 Å². The molecular weight excluding hydrogens is 274 g/mol. The molecule has 0 saturated carbocycles. The molecule has 2 aromatic carbocycles. The number of nitrogens with one attached hydrogen (secondary N) is 1. The number of aliphatic hydroxyl groups excluding tert-OH is 1. The Morgan fingerprint density at radius 3 is 2.32 bits per heavy atom. The molecule has 2 N–H and O–H groups in total. The maximum atomic E-state index is 12.3. The molecule has 0 bridgehead atoms. The first-order valence-corrected chi connectivity index (χ1v) is 7.70. The van der Waals surface area contributed by atoms with Gasteiger partial charge in [-0.2, -0.15) is 0 Å². The van der Waals surface area contributed by atoms with Gasteiger partial charge in [0.25, 0.3) is 0 Å². The molecule has 0 fully saturated rings. The third-order valence-electron chi connectivity index (χ3n) is 4.02. The van der Waals surface area contributed by atoms with Crippen molar-refractivity contribution in [2.75, 3.05) is 0 Å². The minimum Gasteiger partial charge on any atom is -0.392 e.